The molecule has 0 fully saturated rings. The first-order valence-electron chi connectivity index (χ1n) is 8.28. The van der Waals surface area contributed by atoms with Gasteiger partial charge in [-0.3, -0.25) is 4.79 Å². The summed E-state index contributed by atoms with van der Waals surface area (Å²) in [5.74, 6) is -0.688. The second-order valence-corrected chi connectivity index (χ2v) is 6.70. The number of carbonyl (C=O) groups is 1. The van der Waals surface area contributed by atoms with Crippen LogP contribution in [0.25, 0.3) is 0 Å². The van der Waals surface area contributed by atoms with Crippen LogP contribution in [0.15, 0.2) is 53.7 Å². The number of allylic oxidation sites excluding steroid dienone is 1. The van der Waals surface area contributed by atoms with E-state index in [2.05, 4.69) is 16.0 Å². The molecule has 1 aliphatic rings. The summed E-state index contributed by atoms with van der Waals surface area (Å²) < 4.78 is 14.4. The summed E-state index contributed by atoms with van der Waals surface area (Å²) in [5.41, 5.74) is 4.20. The molecular weight excluding hydrogens is 349 g/mol. The lowest BCUT2D eigenvalue weighted by Gasteiger charge is -2.30. The summed E-state index contributed by atoms with van der Waals surface area (Å²) in [6.07, 6.45) is 0. The highest BCUT2D eigenvalue weighted by Gasteiger charge is 2.31. The minimum atomic E-state index is -0.657. The normalized spacial score (nSPS) is 16.8. The van der Waals surface area contributed by atoms with Gasteiger partial charge < -0.3 is 16.0 Å². The van der Waals surface area contributed by atoms with Crippen LogP contribution in [0.3, 0.4) is 0 Å². The van der Waals surface area contributed by atoms with Crippen LogP contribution in [-0.4, -0.2) is 11.0 Å². The molecule has 0 radical (unpaired) electrons. The van der Waals surface area contributed by atoms with Crippen LogP contribution in [0, 0.1) is 19.7 Å². The summed E-state index contributed by atoms with van der Waals surface area (Å²) in [4.78, 5) is 13.0. The molecule has 1 atom stereocenters. The molecule has 1 aliphatic heterocycles. The molecule has 0 saturated carbocycles. The first-order valence-corrected chi connectivity index (χ1v) is 8.69. The lowest BCUT2D eigenvalue weighted by atomic mass is 9.94. The van der Waals surface area contributed by atoms with Crippen molar-refractivity contribution < 1.29 is 9.18 Å². The van der Waals surface area contributed by atoms with Crippen molar-refractivity contribution >= 4 is 28.9 Å². The molecule has 1 heterocycles. The fourth-order valence-electron chi connectivity index (χ4n) is 3.01. The highest BCUT2D eigenvalue weighted by Crippen LogP contribution is 2.30. The maximum Gasteiger partial charge on any atom is 0.255 e. The van der Waals surface area contributed by atoms with Gasteiger partial charge in [0.25, 0.3) is 5.91 Å². The van der Waals surface area contributed by atoms with Gasteiger partial charge in [0.05, 0.1) is 11.6 Å². The molecule has 0 aromatic heterocycles. The number of nitrogens with one attached hydrogen (secondary N) is 3. The van der Waals surface area contributed by atoms with Gasteiger partial charge >= 0.3 is 0 Å². The Kier molecular flexibility index (Phi) is 5.04. The monoisotopic (exact) mass is 369 g/mol. The molecule has 26 heavy (non-hydrogen) atoms. The second kappa shape index (κ2) is 7.25. The third-order valence-electron chi connectivity index (χ3n) is 4.58. The van der Waals surface area contributed by atoms with E-state index in [0.29, 0.717) is 21.9 Å². The Labute approximate surface area is 157 Å². The Morgan fingerprint density at radius 1 is 1.12 bits per heavy atom. The molecule has 1 amide bonds. The SMILES string of the molecule is CC1=C(C(=O)Nc2cccc(C)c2C)[C@H](c2ccccc2F)NC(=S)N1. The van der Waals surface area contributed by atoms with E-state index in [9.17, 15) is 9.18 Å². The summed E-state index contributed by atoms with van der Waals surface area (Å²) in [6, 6.07) is 11.4. The van der Waals surface area contributed by atoms with E-state index in [0.717, 1.165) is 16.8 Å². The average molecular weight is 369 g/mol. The number of hydrogen-bond acceptors (Lipinski definition) is 2. The Hall–Kier alpha value is -2.73. The van der Waals surface area contributed by atoms with Crippen LogP contribution in [0.5, 0.6) is 0 Å². The predicted octanol–water partition coefficient (Wildman–Crippen LogP) is 3.87. The number of amides is 1. The number of thiocarbonyl (C=S) groups is 1. The maximum absolute atomic E-state index is 14.4. The number of rotatable bonds is 3. The molecule has 0 saturated heterocycles. The number of carbonyl (C=O) groups excluding carboxylic acids is 1. The van der Waals surface area contributed by atoms with Gasteiger partial charge in [0.2, 0.25) is 0 Å². The van der Waals surface area contributed by atoms with Gasteiger partial charge in [-0.2, -0.15) is 0 Å². The lowest BCUT2D eigenvalue weighted by Crippen LogP contribution is -2.46. The molecule has 2 aromatic carbocycles. The van der Waals surface area contributed by atoms with E-state index in [1.54, 1.807) is 25.1 Å². The van der Waals surface area contributed by atoms with Crippen molar-refractivity contribution in [3.05, 3.63) is 76.2 Å². The zero-order chi connectivity index (χ0) is 18.8. The van der Waals surface area contributed by atoms with E-state index < -0.39 is 6.04 Å². The molecule has 0 spiro atoms. The van der Waals surface area contributed by atoms with Gasteiger partial charge in [0, 0.05) is 16.9 Å². The fraction of sp³-hybridized carbons (Fsp3) is 0.200. The van der Waals surface area contributed by atoms with Crippen molar-refractivity contribution in [2.24, 2.45) is 0 Å². The minimum absolute atomic E-state index is 0.299. The van der Waals surface area contributed by atoms with Crippen LogP contribution in [0.1, 0.15) is 29.7 Å². The Balaban J connectivity index is 2.00. The van der Waals surface area contributed by atoms with Gasteiger partial charge in [-0.15, -0.1) is 0 Å². The van der Waals surface area contributed by atoms with Gasteiger partial charge in [0.1, 0.15) is 5.82 Å². The fourth-order valence-corrected chi connectivity index (χ4v) is 3.28. The molecule has 0 unspecified atom stereocenters. The van der Waals surface area contributed by atoms with Crippen molar-refractivity contribution in [1.29, 1.82) is 0 Å². The Morgan fingerprint density at radius 3 is 2.58 bits per heavy atom. The first-order chi connectivity index (χ1) is 12.4. The van der Waals surface area contributed by atoms with Crippen LogP contribution in [-0.2, 0) is 4.79 Å². The molecule has 134 valence electrons. The van der Waals surface area contributed by atoms with Crippen molar-refractivity contribution in [2.45, 2.75) is 26.8 Å². The predicted molar refractivity (Wildman–Crippen MR) is 105 cm³/mol. The lowest BCUT2D eigenvalue weighted by molar-refractivity contribution is -0.113. The average Bonchev–Trinajstić information content (AvgIpc) is 2.58. The molecule has 3 rings (SSSR count). The molecule has 4 nitrogen and oxygen atoms in total. The van der Waals surface area contributed by atoms with Crippen molar-refractivity contribution in [2.75, 3.05) is 5.32 Å². The van der Waals surface area contributed by atoms with Crippen LogP contribution < -0.4 is 16.0 Å². The van der Waals surface area contributed by atoms with Crippen LogP contribution in [0.2, 0.25) is 0 Å². The van der Waals surface area contributed by atoms with Gasteiger partial charge in [0.15, 0.2) is 5.11 Å². The molecule has 0 aliphatic carbocycles. The van der Waals surface area contributed by atoms with Gasteiger partial charge in [-0.1, -0.05) is 30.3 Å². The smallest absolute Gasteiger partial charge is 0.255 e. The number of benzene rings is 2. The molecule has 3 N–H and O–H groups in total. The summed E-state index contributed by atoms with van der Waals surface area (Å²) >= 11 is 5.20. The third kappa shape index (κ3) is 3.46. The molecule has 2 aromatic rings. The topological polar surface area (TPSA) is 53.2 Å². The summed E-state index contributed by atoms with van der Waals surface area (Å²) in [6.45, 7) is 5.70. The van der Waals surface area contributed by atoms with Crippen molar-refractivity contribution in [1.82, 2.24) is 10.6 Å². The zero-order valence-electron chi connectivity index (χ0n) is 14.8. The molecule has 6 heteroatoms. The van der Waals surface area contributed by atoms with E-state index in [-0.39, 0.29) is 11.7 Å². The number of anilines is 1. The second-order valence-electron chi connectivity index (χ2n) is 6.29. The zero-order valence-corrected chi connectivity index (χ0v) is 15.6. The van der Waals surface area contributed by atoms with E-state index >= 15 is 0 Å². The number of halogens is 1. The van der Waals surface area contributed by atoms with Crippen molar-refractivity contribution in [3.63, 3.8) is 0 Å². The molecular formula is C20H20FN3OS. The number of hydrogen-bond donors (Lipinski definition) is 3. The summed E-state index contributed by atoms with van der Waals surface area (Å²) in [7, 11) is 0. The Bertz CT molecular complexity index is 923. The highest BCUT2D eigenvalue weighted by molar-refractivity contribution is 7.80. The van der Waals surface area contributed by atoms with E-state index in [1.807, 2.05) is 32.0 Å². The maximum atomic E-state index is 14.4. The van der Waals surface area contributed by atoms with Crippen molar-refractivity contribution in [3.8, 4) is 0 Å². The summed E-state index contributed by atoms with van der Waals surface area (Å²) in [5, 5.41) is 9.27. The number of aryl methyl sites for hydroxylation is 1. The highest BCUT2D eigenvalue weighted by atomic mass is 32.1. The van der Waals surface area contributed by atoms with E-state index in [1.165, 1.54) is 6.07 Å². The van der Waals surface area contributed by atoms with Crippen LogP contribution in [0.4, 0.5) is 10.1 Å². The largest absolute Gasteiger partial charge is 0.351 e. The third-order valence-corrected chi connectivity index (χ3v) is 4.80. The quantitative estimate of drug-likeness (QED) is 0.719. The van der Waals surface area contributed by atoms with E-state index in [4.69, 9.17) is 12.2 Å². The minimum Gasteiger partial charge on any atom is -0.351 e. The standard InChI is InChI=1S/C20H20FN3OS/c1-11-7-6-10-16(12(11)2)23-19(25)17-13(3)22-20(26)24-18(17)14-8-4-5-9-15(14)21/h4-10,18H,1-3H3,(H,23,25)(H2,22,24,26)/t18-/m0/s1. The van der Waals surface area contributed by atoms with Gasteiger partial charge in [-0.25, -0.2) is 4.39 Å². The molecule has 0 bridgehead atoms. The first kappa shape index (κ1) is 18.1. The van der Waals surface area contributed by atoms with Gasteiger partial charge in [-0.05, 0) is 56.2 Å². The Morgan fingerprint density at radius 2 is 1.85 bits per heavy atom. The van der Waals surface area contributed by atoms with Crippen LogP contribution >= 0.6 is 12.2 Å².